The molecule has 0 heterocycles. The van der Waals surface area contributed by atoms with Crippen LogP contribution >= 0.6 is 0 Å². The van der Waals surface area contributed by atoms with E-state index in [1.54, 1.807) is 0 Å². The van der Waals surface area contributed by atoms with E-state index >= 15 is 0 Å². The fraction of sp³-hybridized carbons (Fsp3) is 1.00. The number of rotatable bonds is 5. The Morgan fingerprint density at radius 1 is 1.33 bits per heavy atom. The lowest BCUT2D eigenvalue weighted by molar-refractivity contribution is 0.237. The highest BCUT2D eigenvalue weighted by Gasteiger charge is 1.91. The molecule has 0 saturated heterocycles. The van der Waals surface area contributed by atoms with Crippen LogP contribution in [0.5, 0.6) is 0 Å². The molecule has 0 aromatic rings. The van der Waals surface area contributed by atoms with Crippen LogP contribution in [0, 0.1) is 0 Å². The van der Waals surface area contributed by atoms with E-state index in [-0.39, 0.29) is 0 Å². The van der Waals surface area contributed by atoms with Gasteiger partial charge >= 0.3 is 0 Å². The molecule has 0 aromatic carbocycles. The lowest BCUT2D eigenvalue weighted by Crippen LogP contribution is -2.27. The zero-order valence-electron chi connectivity index (χ0n) is 6.72. The number of unbranched alkanes of at least 4 members (excludes halogenated alkanes) is 1. The van der Waals surface area contributed by atoms with Crippen LogP contribution in [-0.2, 0) is 0 Å². The van der Waals surface area contributed by atoms with Gasteiger partial charge in [-0.05, 0) is 6.42 Å². The summed E-state index contributed by atoms with van der Waals surface area (Å²) in [7, 11) is 2.01. The van der Waals surface area contributed by atoms with Gasteiger partial charge in [-0.1, -0.05) is 20.3 Å². The maximum atomic E-state index is 4.27. The maximum Gasteiger partial charge on any atom is 0.0306 e. The standard InChI is InChI=1S/C7H17N2/c1-4-6-7-8-9(3)5-2/h4-7H2,1-3H3. The molecule has 2 nitrogen and oxygen atoms in total. The van der Waals surface area contributed by atoms with E-state index in [1.165, 1.54) is 12.8 Å². The molecule has 0 aromatic heterocycles. The van der Waals surface area contributed by atoms with E-state index in [2.05, 4.69) is 19.3 Å². The van der Waals surface area contributed by atoms with Crippen molar-refractivity contribution in [3.8, 4) is 0 Å². The van der Waals surface area contributed by atoms with Crippen LogP contribution in [-0.4, -0.2) is 25.1 Å². The van der Waals surface area contributed by atoms with Gasteiger partial charge in [0, 0.05) is 20.1 Å². The molecule has 0 N–H and O–H groups in total. The molecule has 0 atom stereocenters. The Morgan fingerprint density at radius 2 is 2.00 bits per heavy atom. The van der Waals surface area contributed by atoms with Gasteiger partial charge in [0.1, 0.15) is 0 Å². The molecular formula is C7H17N2. The van der Waals surface area contributed by atoms with E-state index in [4.69, 9.17) is 0 Å². The van der Waals surface area contributed by atoms with Crippen LogP contribution in [0.4, 0.5) is 0 Å². The van der Waals surface area contributed by atoms with Crippen molar-refractivity contribution in [2.75, 3.05) is 20.1 Å². The van der Waals surface area contributed by atoms with E-state index in [0.29, 0.717) is 0 Å². The summed E-state index contributed by atoms with van der Waals surface area (Å²) in [6.07, 6.45) is 2.45. The van der Waals surface area contributed by atoms with Gasteiger partial charge in [0.05, 0.1) is 0 Å². The third-order valence-electron chi connectivity index (χ3n) is 1.31. The lowest BCUT2D eigenvalue weighted by Gasteiger charge is -2.11. The fourth-order valence-corrected chi connectivity index (χ4v) is 0.500. The van der Waals surface area contributed by atoms with Crippen molar-refractivity contribution in [2.45, 2.75) is 26.7 Å². The van der Waals surface area contributed by atoms with Crippen molar-refractivity contribution in [3.05, 3.63) is 0 Å². The summed E-state index contributed by atoms with van der Waals surface area (Å²) in [6.45, 7) is 6.29. The van der Waals surface area contributed by atoms with Crippen LogP contribution in [0.2, 0.25) is 0 Å². The molecule has 0 aliphatic heterocycles. The summed E-state index contributed by atoms with van der Waals surface area (Å²) < 4.78 is 0. The molecule has 55 valence electrons. The first kappa shape index (κ1) is 8.92. The second kappa shape index (κ2) is 6.05. The maximum absolute atomic E-state index is 4.27. The average Bonchev–Trinajstić information content (AvgIpc) is 1.89. The molecule has 0 aliphatic carbocycles. The van der Waals surface area contributed by atoms with Gasteiger partial charge in [-0.2, -0.15) is 5.43 Å². The normalized spacial score (nSPS) is 10.7. The molecule has 0 amide bonds. The molecule has 2 heteroatoms. The van der Waals surface area contributed by atoms with Gasteiger partial charge in [-0.15, -0.1) is 0 Å². The van der Waals surface area contributed by atoms with E-state index in [9.17, 15) is 0 Å². The van der Waals surface area contributed by atoms with Crippen LogP contribution in [0.25, 0.3) is 0 Å². The number of nitrogens with zero attached hydrogens (tertiary/aromatic N) is 2. The summed E-state index contributed by atoms with van der Waals surface area (Å²) in [6, 6.07) is 0. The van der Waals surface area contributed by atoms with Crippen molar-refractivity contribution in [1.82, 2.24) is 10.4 Å². The third kappa shape index (κ3) is 5.80. The van der Waals surface area contributed by atoms with Crippen molar-refractivity contribution >= 4 is 0 Å². The highest BCUT2D eigenvalue weighted by atomic mass is 15.5. The summed E-state index contributed by atoms with van der Waals surface area (Å²) >= 11 is 0. The highest BCUT2D eigenvalue weighted by molar-refractivity contribution is 4.40. The number of hydrogen-bond acceptors (Lipinski definition) is 1. The summed E-state index contributed by atoms with van der Waals surface area (Å²) in [5, 5.41) is 1.98. The Morgan fingerprint density at radius 3 is 2.44 bits per heavy atom. The van der Waals surface area contributed by atoms with Crippen LogP contribution in [0.15, 0.2) is 0 Å². The monoisotopic (exact) mass is 129 g/mol. The SMILES string of the molecule is CCCC[N]N(C)CC. The smallest absolute Gasteiger partial charge is 0.0306 e. The molecule has 0 fully saturated rings. The summed E-state index contributed by atoms with van der Waals surface area (Å²) in [5.41, 5.74) is 4.27. The van der Waals surface area contributed by atoms with Crippen LogP contribution < -0.4 is 5.43 Å². The minimum absolute atomic E-state index is 0.987. The van der Waals surface area contributed by atoms with E-state index in [0.717, 1.165) is 13.1 Å². The van der Waals surface area contributed by atoms with E-state index in [1.807, 2.05) is 12.1 Å². The molecule has 0 aliphatic rings. The molecule has 0 spiro atoms. The minimum atomic E-state index is 0.987. The van der Waals surface area contributed by atoms with Gasteiger partial charge in [0.2, 0.25) is 0 Å². The molecule has 0 unspecified atom stereocenters. The second-order valence-corrected chi connectivity index (χ2v) is 2.19. The average molecular weight is 129 g/mol. The zero-order chi connectivity index (χ0) is 7.11. The predicted molar refractivity (Wildman–Crippen MR) is 40.2 cm³/mol. The zero-order valence-corrected chi connectivity index (χ0v) is 6.72. The first-order valence-electron chi connectivity index (χ1n) is 3.69. The van der Waals surface area contributed by atoms with Crippen molar-refractivity contribution in [3.63, 3.8) is 0 Å². The lowest BCUT2D eigenvalue weighted by atomic mass is 10.3. The Bertz CT molecular complexity index is 54.9. The fourth-order valence-electron chi connectivity index (χ4n) is 0.500. The van der Waals surface area contributed by atoms with Crippen molar-refractivity contribution in [1.29, 1.82) is 0 Å². The largest absolute Gasteiger partial charge is 0.230 e. The Balaban J connectivity index is 2.88. The molecule has 0 bridgehead atoms. The van der Waals surface area contributed by atoms with Gasteiger partial charge in [-0.3, -0.25) is 0 Å². The molecule has 9 heavy (non-hydrogen) atoms. The van der Waals surface area contributed by atoms with Gasteiger partial charge in [0.25, 0.3) is 0 Å². The molecule has 1 radical (unpaired) electrons. The van der Waals surface area contributed by atoms with Gasteiger partial charge in [-0.25, -0.2) is 5.01 Å². The van der Waals surface area contributed by atoms with Crippen LogP contribution in [0.3, 0.4) is 0 Å². The van der Waals surface area contributed by atoms with Crippen molar-refractivity contribution in [2.24, 2.45) is 0 Å². The van der Waals surface area contributed by atoms with E-state index < -0.39 is 0 Å². The molecule has 0 saturated carbocycles. The number of hydrogen-bond donors (Lipinski definition) is 0. The van der Waals surface area contributed by atoms with Crippen molar-refractivity contribution < 1.29 is 0 Å². The third-order valence-corrected chi connectivity index (χ3v) is 1.31. The Hall–Kier alpha value is -0.0800. The predicted octanol–water partition coefficient (Wildman–Crippen LogP) is 1.26. The minimum Gasteiger partial charge on any atom is -0.230 e. The molecule has 0 rings (SSSR count). The Labute approximate surface area is 58.2 Å². The second-order valence-electron chi connectivity index (χ2n) is 2.19. The molecular weight excluding hydrogens is 112 g/mol. The Kier molecular flexibility index (Phi) is 5.99. The summed E-state index contributed by atoms with van der Waals surface area (Å²) in [4.78, 5) is 0. The first-order valence-corrected chi connectivity index (χ1v) is 3.69. The topological polar surface area (TPSA) is 17.3 Å². The quantitative estimate of drug-likeness (QED) is 0.403. The first-order chi connectivity index (χ1) is 4.31. The van der Waals surface area contributed by atoms with Gasteiger partial charge < -0.3 is 0 Å². The summed E-state index contributed by atoms with van der Waals surface area (Å²) in [5.74, 6) is 0. The highest BCUT2D eigenvalue weighted by Crippen LogP contribution is 1.84. The van der Waals surface area contributed by atoms with Crippen LogP contribution in [0.1, 0.15) is 26.7 Å². The van der Waals surface area contributed by atoms with Gasteiger partial charge in [0.15, 0.2) is 0 Å².